The standard InChI is InChI=1S/C17H21N5O3/c1-21-9-13(8-19-21)25-15-11-24-10-14(15)20-17(23)12-3-4-16(18-7-12)22-5-2-6-22/h3-4,7-9,14-15H,2,5-6,10-11H2,1H3,(H,20,23)/t14-,15+/m0/s1. The van der Waals surface area contributed by atoms with Crippen LogP contribution in [0.3, 0.4) is 0 Å². The molecule has 1 amide bonds. The molecule has 2 saturated heterocycles. The zero-order chi connectivity index (χ0) is 17.2. The summed E-state index contributed by atoms with van der Waals surface area (Å²) in [4.78, 5) is 19.0. The molecule has 1 N–H and O–H groups in total. The van der Waals surface area contributed by atoms with Crippen LogP contribution in [-0.4, -0.2) is 59.1 Å². The van der Waals surface area contributed by atoms with Crippen molar-refractivity contribution in [2.24, 2.45) is 7.05 Å². The molecule has 4 heterocycles. The van der Waals surface area contributed by atoms with E-state index in [2.05, 4.69) is 20.3 Å². The van der Waals surface area contributed by atoms with E-state index in [9.17, 15) is 4.79 Å². The molecule has 2 aromatic heterocycles. The number of nitrogens with one attached hydrogen (secondary N) is 1. The van der Waals surface area contributed by atoms with Crippen LogP contribution >= 0.6 is 0 Å². The van der Waals surface area contributed by atoms with Crippen LogP contribution in [0.15, 0.2) is 30.7 Å². The Bertz CT molecular complexity index is 741. The fourth-order valence-electron chi connectivity index (χ4n) is 2.92. The molecule has 0 saturated carbocycles. The SMILES string of the molecule is Cn1cc(O[C@@H]2COC[C@@H]2NC(=O)c2ccc(N3CCC3)nc2)cn1. The number of carbonyl (C=O) groups excluding carboxylic acids is 1. The minimum absolute atomic E-state index is 0.169. The summed E-state index contributed by atoms with van der Waals surface area (Å²) in [6.45, 7) is 2.93. The second kappa shape index (κ2) is 6.72. The molecule has 0 radical (unpaired) electrons. The number of carbonyl (C=O) groups is 1. The van der Waals surface area contributed by atoms with Crippen molar-refractivity contribution in [1.82, 2.24) is 20.1 Å². The van der Waals surface area contributed by atoms with Crippen LogP contribution in [0.2, 0.25) is 0 Å². The van der Waals surface area contributed by atoms with Crippen molar-refractivity contribution in [3.8, 4) is 5.75 Å². The average Bonchev–Trinajstić information content (AvgIpc) is 3.16. The van der Waals surface area contributed by atoms with E-state index in [4.69, 9.17) is 9.47 Å². The van der Waals surface area contributed by atoms with Crippen LogP contribution in [0.4, 0.5) is 5.82 Å². The summed E-state index contributed by atoms with van der Waals surface area (Å²) >= 11 is 0. The minimum atomic E-state index is -0.235. The smallest absolute Gasteiger partial charge is 0.253 e. The van der Waals surface area contributed by atoms with Crippen LogP contribution in [0.1, 0.15) is 16.8 Å². The largest absolute Gasteiger partial charge is 0.482 e. The lowest BCUT2D eigenvalue weighted by Crippen LogP contribution is -2.45. The first-order valence-corrected chi connectivity index (χ1v) is 8.44. The third kappa shape index (κ3) is 3.43. The Morgan fingerprint density at radius 1 is 1.32 bits per heavy atom. The number of aromatic nitrogens is 3. The molecule has 0 aromatic carbocycles. The molecule has 2 aliphatic rings. The van der Waals surface area contributed by atoms with E-state index in [0.717, 1.165) is 18.9 Å². The van der Waals surface area contributed by atoms with E-state index < -0.39 is 0 Å². The molecule has 0 bridgehead atoms. The van der Waals surface area contributed by atoms with Crippen LogP contribution in [0.25, 0.3) is 0 Å². The highest BCUT2D eigenvalue weighted by atomic mass is 16.5. The summed E-state index contributed by atoms with van der Waals surface area (Å²) in [5.74, 6) is 1.42. The number of amides is 1. The quantitative estimate of drug-likeness (QED) is 0.856. The van der Waals surface area contributed by atoms with Gasteiger partial charge < -0.3 is 19.7 Å². The van der Waals surface area contributed by atoms with Crippen molar-refractivity contribution in [2.75, 3.05) is 31.2 Å². The number of aryl methyl sites for hydroxylation is 1. The van der Waals surface area contributed by atoms with Gasteiger partial charge in [-0.1, -0.05) is 0 Å². The Hall–Kier alpha value is -2.61. The topological polar surface area (TPSA) is 81.5 Å². The lowest BCUT2D eigenvalue weighted by atomic mass is 10.1. The minimum Gasteiger partial charge on any atom is -0.482 e. The highest BCUT2D eigenvalue weighted by Crippen LogP contribution is 2.19. The van der Waals surface area contributed by atoms with E-state index in [-0.39, 0.29) is 18.1 Å². The van der Waals surface area contributed by atoms with Gasteiger partial charge in [0.05, 0.1) is 37.2 Å². The first kappa shape index (κ1) is 15.9. The van der Waals surface area contributed by atoms with Crippen LogP contribution < -0.4 is 15.0 Å². The van der Waals surface area contributed by atoms with E-state index in [1.807, 2.05) is 19.2 Å². The molecule has 2 atom stereocenters. The first-order valence-electron chi connectivity index (χ1n) is 8.44. The van der Waals surface area contributed by atoms with Crippen molar-refractivity contribution in [3.63, 3.8) is 0 Å². The van der Waals surface area contributed by atoms with Crippen molar-refractivity contribution in [3.05, 3.63) is 36.3 Å². The number of hydrogen-bond donors (Lipinski definition) is 1. The monoisotopic (exact) mass is 343 g/mol. The molecule has 0 unspecified atom stereocenters. The maximum atomic E-state index is 12.5. The Balaban J connectivity index is 1.37. The van der Waals surface area contributed by atoms with Gasteiger partial charge >= 0.3 is 0 Å². The van der Waals surface area contributed by atoms with E-state index >= 15 is 0 Å². The molecule has 2 aromatic rings. The van der Waals surface area contributed by atoms with Gasteiger partial charge in [0, 0.05) is 26.3 Å². The van der Waals surface area contributed by atoms with Gasteiger partial charge in [-0.15, -0.1) is 0 Å². The Morgan fingerprint density at radius 3 is 2.84 bits per heavy atom. The zero-order valence-electron chi connectivity index (χ0n) is 14.1. The molecule has 8 heteroatoms. The van der Waals surface area contributed by atoms with Gasteiger partial charge in [-0.3, -0.25) is 9.48 Å². The fourth-order valence-corrected chi connectivity index (χ4v) is 2.92. The third-order valence-corrected chi connectivity index (χ3v) is 4.50. The summed E-state index contributed by atoms with van der Waals surface area (Å²) in [6, 6.07) is 3.49. The van der Waals surface area contributed by atoms with Crippen molar-refractivity contribution < 1.29 is 14.3 Å². The lowest BCUT2D eigenvalue weighted by Gasteiger charge is -2.31. The molecule has 2 aliphatic heterocycles. The van der Waals surface area contributed by atoms with E-state index in [0.29, 0.717) is 24.5 Å². The maximum absolute atomic E-state index is 12.5. The van der Waals surface area contributed by atoms with Crippen LogP contribution in [-0.2, 0) is 11.8 Å². The molecule has 132 valence electrons. The number of rotatable bonds is 5. The van der Waals surface area contributed by atoms with E-state index in [1.165, 1.54) is 6.42 Å². The average molecular weight is 343 g/mol. The zero-order valence-corrected chi connectivity index (χ0v) is 14.1. The van der Waals surface area contributed by atoms with Gasteiger partial charge in [0.2, 0.25) is 0 Å². The highest BCUT2D eigenvalue weighted by Gasteiger charge is 2.32. The van der Waals surface area contributed by atoms with Crippen molar-refractivity contribution in [2.45, 2.75) is 18.6 Å². The molecular formula is C17H21N5O3. The van der Waals surface area contributed by atoms with Gasteiger partial charge in [0.1, 0.15) is 11.9 Å². The summed E-state index contributed by atoms with van der Waals surface area (Å²) in [5, 5.41) is 7.06. The van der Waals surface area contributed by atoms with Crippen molar-refractivity contribution >= 4 is 11.7 Å². The number of anilines is 1. The molecule has 0 spiro atoms. The molecule has 8 nitrogen and oxygen atoms in total. The number of pyridine rings is 1. The first-order chi connectivity index (χ1) is 12.2. The second-order valence-electron chi connectivity index (χ2n) is 6.37. The molecule has 25 heavy (non-hydrogen) atoms. The van der Waals surface area contributed by atoms with Gasteiger partial charge in [-0.05, 0) is 18.6 Å². The van der Waals surface area contributed by atoms with Crippen molar-refractivity contribution in [1.29, 1.82) is 0 Å². The lowest BCUT2D eigenvalue weighted by molar-refractivity contribution is 0.0903. The van der Waals surface area contributed by atoms with Gasteiger partial charge in [0.15, 0.2) is 5.75 Å². The summed E-state index contributed by atoms with van der Waals surface area (Å²) in [5.41, 5.74) is 0.538. The van der Waals surface area contributed by atoms with Gasteiger partial charge in [0.25, 0.3) is 5.91 Å². The van der Waals surface area contributed by atoms with Gasteiger partial charge in [-0.25, -0.2) is 4.98 Å². The Kier molecular flexibility index (Phi) is 4.27. The van der Waals surface area contributed by atoms with Crippen LogP contribution in [0.5, 0.6) is 5.75 Å². The number of hydrogen-bond acceptors (Lipinski definition) is 6. The predicted molar refractivity (Wildman–Crippen MR) is 90.8 cm³/mol. The Labute approximate surface area is 145 Å². The maximum Gasteiger partial charge on any atom is 0.253 e. The van der Waals surface area contributed by atoms with Gasteiger partial charge in [-0.2, -0.15) is 5.10 Å². The summed E-state index contributed by atoms with van der Waals surface area (Å²) < 4.78 is 13.0. The predicted octanol–water partition coefficient (Wildman–Crippen LogP) is 0.601. The van der Waals surface area contributed by atoms with Crippen LogP contribution in [0, 0.1) is 0 Å². The number of nitrogens with zero attached hydrogens (tertiary/aromatic N) is 4. The third-order valence-electron chi connectivity index (χ3n) is 4.50. The summed E-state index contributed by atoms with van der Waals surface area (Å²) in [6.07, 6.45) is 6.02. The molecule has 2 fully saturated rings. The molecule has 0 aliphatic carbocycles. The highest BCUT2D eigenvalue weighted by molar-refractivity contribution is 5.94. The Morgan fingerprint density at radius 2 is 2.20 bits per heavy atom. The second-order valence-corrected chi connectivity index (χ2v) is 6.37. The number of ether oxygens (including phenoxy) is 2. The fraction of sp³-hybridized carbons (Fsp3) is 0.471. The summed E-state index contributed by atoms with van der Waals surface area (Å²) in [7, 11) is 1.83. The van der Waals surface area contributed by atoms with E-state index in [1.54, 1.807) is 23.3 Å². The molecule has 4 rings (SSSR count). The molecular weight excluding hydrogens is 322 g/mol. The normalized spacial score (nSPS) is 22.5.